The standard InChI is InChI=1S/C13H14N2OS/c14-13(12-7-15-8-17-12)9-2-1-3-11(6-9)16-10-4-5-10/h1-3,6-8,10,13H,4-5,14H2. The molecule has 1 fully saturated rings. The van der Waals surface area contributed by atoms with E-state index >= 15 is 0 Å². The largest absolute Gasteiger partial charge is 0.490 e. The van der Waals surface area contributed by atoms with Gasteiger partial charge in [0.2, 0.25) is 0 Å². The summed E-state index contributed by atoms with van der Waals surface area (Å²) in [5, 5.41) is 0. The van der Waals surface area contributed by atoms with E-state index in [0.29, 0.717) is 6.10 Å². The fraction of sp³-hybridized carbons (Fsp3) is 0.308. The predicted octanol–water partition coefficient (Wildman–Crippen LogP) is 2.73. The highest BCUT2D eigenvalue weighted by Gasteiger charge is 2.23. The highest BCUT2D eigenvalue weighted by Crippen LogP contribution is 2.29. The Morgan fingerprint density at radius 2 is 2.29 bits per heavy atom. The second kappa shape index (κ2) is 4.47. The number of thiazole rings is 1. The maximum absolute atomic E-state index is 6.19. The molecule has 17 heavy (non-hydrogen) atoms. The van der Waals surface area contributed by atoms with Gasteiger partial charge in [-0.25, -0.2) is 0 Å². The minimum Gasteiger partial charge on any atom is -0.490 e. The summed E-state index contributed by atoms with van der Waals surface area (Å²) in [7, 11) is 0. The Kier molecular flexibility index (Phi) is 2.82. The van der Waals surface area contributed by atoms with E-state index in [2.05, 4.69) is 4.98 Å². The van der Waals surface area contributed by atoms with E-state index in [-0.39, 0.29) is 6.04 Å². The van der Waals surface area contributed by atoms with E-state index < -0.39 is 0 Å². The van der Waals surface area contributed by atoms with Crippen LogP contribution in [-0.4, -0.2) is 11.1 Å². The molecule has 3 nitrogen and oxygen atoms in total. The Morgan fingerprint density at radius 3 is 3.00 bits per heavy atom. The van der Waals surface area contributed by atoms with Gasteiger partial charge in [-0.1, -0.05) is 12.1 Å². The molecule has 0 bridgehead atoms. The Bertz CT molecular complexity index is 494. The SMILES string of the molecule is NC(c1cccc(OC2CC2)c1)c1cncs1. The zero-order valence-electron chi connectivity index (χ0n) is 9.37. The molecule has 1 aromatic carbocycles. The molecule has 1 aliphatic carbocycles. The summed E-state index contributed by atoms with van der Waals surface area (Å²) >= 11 is 1.58. The average Bonchev–Trinajstić information content (AvgIpc) is 2.99. The van der Waals surface area contributed by atoms with Crippen LogP contribution in [-0.2, 0) is 0 Å². The van der Waals surface area contributed by atoms with Crippen molar-refractivity contribution in [3.05, 3.63) is 46.4 Å². The van der Waals surface area contributed by atoms with Gasteiger partial charge >= 0.3 is 0 Å². The molecule has 0 aliphatic heterocycles. The first-order valence-electron chi connectivity index (χ1n) is 5.73. The van der Waals surface area contributed by atoms with Gasteiger partial charge in [0, 0.05) is 11.1 Å². The fourth-order valence-corrected chi connectivity index (χ4v) is 2.35. The Labute approximate surface area is 104 Å². The summed E-state index contributed by atoms with van der Waals surface area (Å²) in [5.41, 5.74) is 9.07. The monoisotopic (exact) mass is 246 g/mol. The van der Waals surface area contributed by atoms with Crippen LogP contribution in [0.4, 0.5) is 0 Å². The summed E-state index contributed by atoms with van der Waals surface area (Å²) < 4.78 is 5.77. The summed E-state index contributed by atoms with van der Waals surface area (Å²) in [6.45, 7) is 0. The van der Waals surface area contributed by atoms with E-state index in [9.17, 15) is 0 Å². The lowest BCUT2D eigenvalue weighted by molar-refractivity contribution is 0.303. The van der Waals surface area contributed by atoms with Crippen molar-refractivity contribution < 1.29 is 4.74 Å². The van der Waals surface area contributed by atoms with Crippen molar-refractivity contribution in [3.63, 3.8) is 0 Å². The number of aromatic nitrogens is 1. The third-order valence-corrected chi connectivity index (χ3v) is 3.66. The predicted molar refractivity (Wildman–Crippen MR) is 68.2 cm³/mol. The number of nitrogens with zero attached hydrogens (tertiary/aromatic N) is 1. The zero-order valence-corrected chi connectivity index (χ0v) is 10.2. The van der Waals surface area contributed by atoms with Gasteiger partial charge in [0.1, 0.15) is 5.75 Å². The maximum Gasteiger partial charge on any atom is 0.120 e. The van der Waals surface area contributed by atoms with Gasteiger partial charge in [-0.2, -0.15) is 0 Å². The van der Waals surface area contributed by atoms with Gasteiger partial charge in [-0.05, 0) is 30.5 Å². The topological polar surface area (TPSA) is 48.1 Å². The van der Waals surface area contributed by atoms with Crippen LogP contribution in [0, 0.1) is 0 Å². The lowest BCUT2D eigenvalue weighted by atomic mass is 10.1. The van der Waals surface area contributed by atoms with E-state index in [1.54, 1.807) is 16.8 Å². The van der Waals surface area contributed by atoms with E-state index in [1.807, 2.05) is 30.5 Å². The smallest absolute Gasteiger partial charge is 0.120 e. The van der Waals surface area contributed by atoms with Crippen LogP contribution >= 0.6 is 11.3 Å². The molecule has 88 valence electrons. The number of benzene rings is 1. The van der Waals surface area contributed by atoms with Gasteiger partial charge in [-0.15, -0.1) is 11.3 Å². The highest BCUT2D eigenvalue weighted by molar-refractivity contribution is 7.09. The molecule has 1 atom stereocenters. The average molecular weight is 246 g/mol. The first kappa shape index (κ1) is 10.7. The van der Waals surface area contributed by atoms with Crippen molar-refractivity contribution in [2.75, 3.05) is 0 Å². The lowest BCUT2D eigenvalue weighted by Gasteiger charge is -2.11. The molecule has 0 amide bonds. The number of hydrogen-bond acceptors (Lipinski definition) is 4. The molecule has 2 aromatic rings. The molecule has 1 heterocycles. The molecule has 0 spiro atoms. The highest BCUT2D eigenvalue weighted by atomic mass is 32.1. The number of nitrogens with two attached hydrogens (primary N) is 1. The lowest BCUT2D eigenvalue weighted by Crippen LogP contribution is -2.10. The van der Waals surface area contributed by atoms with Gasteiger partial charge in [0.05, 0.1) is 17.7 Å². The molecule has 0 radical (unpaired) electrons. The van der Waals surface area contributed by atoms with Crippen molar-refractivity contribution in [1.82, 2.24) is 4.98 Å². The van der Waals surface area contributed by atoms with Crippen molar-refractivity contribution in [2.24, 2.45) is 5.73 Å². The van der Waals surface area contributed by atoms with Crippen LogP contribution in [0.5, 0.6) is 5.75 Å². The second-order valence-electron chi connectivity index (χ2n) is 4.27. The van der Waals surface area contributed by atoms with Gasteiger partial charge < -0.3 is 10.5 Å². The van der Waals surface area contributed by atoms with Crippen LogP contribution in [0.1, 0.15) is 29.3 Å². The summed E-state index contributed by atoms with van der Waals surface area (Å²) in [4.78, 5) is 5.13. The molecule has 3 rings (SSSR count). The molecule has 2 N–H and O–H groups in total. The molecule has 0 saturated heterocycles. The van der Waals surface area contributed by atoms with E-state index in [4.69, 9.17) is 10.5 Å². The van der Waals surface area contributed by atoms with E-state index in [1.165, 1.54) is 12.8 Å². The minimum absolute atomic E-state index is 0.106. The first-order valence-corrected chi connectivity index (χ1v) is 6.61. The summed E-state index contributed by atoms with van der Waals surface area (Å²) in [6.07, 6.45) is 4.59. The quantitative estimate of drug-likeness (QED) is 0.902. The Morgan fingerprint density at radius 1 is 1.41 bits per heavy atom. The zero-order chi connectivity index (χ0) is 11.7. The summed E-state index contributed by atoms with van der Waals surface area (Å²) in [5.74, 6) is 0.921. The van der Waals surface area contributed by atoms with Gasteiger partial charge in [0.25, 0.3) is 0 Å². The Balaban J connectivity index is 1.81. The number of ether oxygens (including phenoxy) is 1. The molecule has 1 saturated carbocycles. The minimum atomic E-state index is -0.106. The van der Waals surface area contributed by atoms with Gasteiger partial charge in [0.15, 0.2) is 0 Å². The number of hydrogen-bond donors (Lipinski definition) is 1. The van der Waals surface area contributed by atoms with Gasteiger partial charge in [-0.3, -0.25) is 4.98 Å². The fourth-order valence-electron chi connectivity index (χ4n) is 1.70. The maximum atomic E-state index is 6.19. The molecule has 1 aliphatic rings. The Hall–Kier alpha value is -1.39. The third kappa shape index (κ3) is 2.48. The first-order chi connectivity index (χ1) is 8.33. The van der Waals surface area contributed by atoms with Crippen LogP contribution in [0.2, 0.25) is 0 Å². The molecule has 1 unspecified atom stereocenters. The molecule has 1 aromatic heterocycles. The van der Waals surface area contributed by atoms with Crippen LogP contribution in [0.15, 0.2) is 36.0 Å². The normalized spacial score (nSPS) is 16.8. The molecular weight excluding hydrogens is 232 g/mol. The van der Waals surface area contributed by atoms with E-state index in [0.717, 1.165) is 16.2 Å². The molecular formula is C13H14N2OS. The third-order valence-electron chi connectivity index (χ3n) is 2.80. The van der Waals surface area contributed by atoms with Crippen LogP contribution < -0.4 is 10.5 Å². The van der Waals surface area contributed by atoms with Crippen molar-refractivity contribution in [3.8, 4) is 5.75 Å². The molecule has 4 heteroatoms. The van der Waals surface area contributed by atoms with Crippen molar-refractivity contribution in [1.29, 1.82) is 0 Å². The van der Waals surface area contributed by atoms with Crippen molar-refractivity contribution >= 4 is 11.3 Å². The number of rotatable bonds is 4. The van der Waals surface area contributed by atoms with Crippen LogP contribution in [0.3, 0.4) is 0 Å². The van der Waals surface area contributed by atoms with Crippen molar-refractivity contribution in [2.45, 2.75) is 25.0 Å². The van der Waals surface area contributed by atoms with Crippen LogP contribution in [0.25, 0.3) is 0 Å². The second-order valence-corrected chi connectivity index (χ2v) is 5.19. The summed E-state index contributed by atoms with van der Waals surface area (Å²) in [6, 6.07) is 7.94.